The molecule has 25 heavy (non-hydrogen) atoms. The lowest BCUT2D eigenvalue weighted by atomic mass is 10.1. The van der Waals surface area contributed by atoms with Gasteiger partial charge in [-0.2, -0.15) is 4.98 Å². The fraction of sp³-hybridized carbons (Fsp3) is 0.389. The van der Waals surface area contributed by atoms with Crippen LogP contribution in [0.25, 0.3) is 11.4 Å². The maximum Gasteiger partial charge on any atom is 0.226 e. The maximum absolute atomic E-state index is 13.7. The summed E-state index contributed by atoms with van der Waals surface area (Å²) >= 11 is 1.76. The predicted molar refractivity (Wildman–Crippen MR) is 94.0 cm³/mol. The number of hydrogen-bond acceptors (Lipinski definition) is 5. The van der Waals surface area contributed by atoms with Crippen LogP contribution >= 0.6 is 11.8 Å². The van der Waals surface area contributed by atoms with E-state index in [9.17, 15) is 4.39 Å². The molecule has 0 atom stereocenters. The molecular weight excluding hydrogens is 339 g/mol. The van der Waals surface area contributed by atoms with Crippen molar-refractivity contribution in [2.75, 3.05) is 5.75 Å². The van der Waals surface area contributed by atoms with Crippen molar-refractivity contribution in [1.82, 2.24) is 19.7 Å². The number of hydrogen-bond donors (Lipinski definition) is 0. The first-order chi connectivity index (χ1) is 12.2. The normalized spacial score (nSPS) is 14.2. The van der Waals surface area contributed by atoms with Gasteiger partial charge < -0.3 is 9.09 Å². The molecule has 1 fully saturated rings. The lowest BCUT2D eigenvalue weighted by molar-refractivity contribution is 0.378. The number of halogens is 1. The highest BCUT2D eigenvalue weighted by molar-refractivity contribution is 7.99. The zero-order valence-corrected chi connectivity index (χ0v) is 14.8. The van der Waals surface area contributed by atoms with Crippen LogP contribution in [0.15, 0.2) is 40.3 Å². The number of imidazole rings is 1. The van der Waals surface area contributed by atoms with Crippen LogP contribution in [0.4, 0.5) is 4.39 Å². The zero-order chi connectivity index (χ0) is 17.2. The number of rotatable bonds is 7. The topological polar surface area (TPSA) is 56.7 Å². The van der Waals surface area contributed by atoms with Gasteiger partial charge in [-0.1, -0.05) is 29.1 Å². The van der Waals surface area contributed by atoms with Crippen LogP contribution in [0.1, 0.15) is 36.8 Å². The van der Waals surface area contributed by atoms with E-state index in [1.54, 1.807) is 30.8 Å². The van der Waals surface area contributed by atoms with E-state index in [2.05, 4.69) is 25.9 Å². The van der Waals surface area contributed by atoms with Gasteiger partial charge >= 0.3 is 0 Å². The molecule has 3 aromatic rings. The fourth-order valence-electron chi connectivity index (χ4n) is 2.63. The van der Waals surface area contributed by atoms with E-state index >= 15 is 0 Å². The maximum atomic E-state index is 13.7. The van der Waals surface area contributed by atoms with Crippen molar-refractivity contribution < 1.29 is 8.91 Å². The summed E-state index contributed by atoms with van der Waals surface area (Å²) in [7, 11) is 0. The van der Waals surface area contributed by atoms with Gasteiger partial charge in [0.25, 0.3) is 0 Å². The van der Waals surface area contributed by atoms with Gasteiger partial charge in [0.2, 0.25) is 11.7 Å². The first-order valence-electron chi connectivity index (χ1n) is 8.45. The Hall–Kier alpha value is -2.15. The van der Waals surface area contributed by atoms with Crippen LogP contribution in [0.5, 0.6) is 0 Å². The smallest absolute Gasteiger partial charge is 0.226 e. The molecule has 0 N–H and O–H groups in total. The van der Waals surface area contributed by atoms with Crippen molar-refractivity contribution in [3.63, 3.8) is 0 Å². The van der Waals surface area contributed by atoms with Crippen LogP contribution in [-0.4, -0.2) is 25.4 Å². The molecule has 5 nitrogen and oxygen atoms in total. The standard InChI is InChI=1S/C18H19FN4OS/c1-12-4-5-13(11-15(12)19)17-21-16(24-22-17)3-2-10-25-18-20-8-9-23(18)14-6-7-14/h4-5,8-9,11,14H,2-3,6-7,10H2,1H3. The van der Waals surface area contributed by atoms with E-state index in [-0.39, 0.29) is 5.82 Å². The van der Waals surface area contributed by atoms with Crippen molar-refractivity contribution in [3.8, 4) is 11.4 Å². The molecule has 1 saturated carbocycles. The third kappa shape index (κ3) is 3.76. The molecule has 0 radical (unpaired) electrons. The third-order valence-corrected chi connectivity index (χ3v) is 5.30. The summed E-state index contributed by atoms with van der Waals surface area (Å²) in [6, 6.07) is 5.62. The van der Waals surface area contributed by atoms with Gasteiger partial charge in [-0.05, 0) is 37.8 Å². The Morgan fingerprint density at radius 1 is 1.36 bits per heavy atom. The molecule has 0 amide bonds. The molecule has 0 spiro atoms. The van der Waals surface area contributed by atoms with Crippen molar-refractivity contribution in [1.29, 1.82) is 0 Å². The van der Waals surface area contributed by atoms with Gasteiger partial charge in [-0.15, -0.1) is 0 Å². The summed E-state index contributed by atoms with van der Waals surface area (Å²) in [4.78, 5) is 8.79. The second-order valence-corrected chi connectivity index (χ2v) is 7.34. The molecule has 1 aromatic carbocycles. The molecule has 0 saturated heterocycles. The highest BCUT2D eigenvalue weighted by Crippen LogP contribution is 2.37. The molecule has 1 aliphatic carbocycles. The van der Waals surface area contributed by atoms with Crippen molar-refractivity contribution in [2.45, 2.75) is 43.8 Å². The SMILES string of the molecule is Cc1ccc(-c2noc(CCCSc3nccn3C3CC3)n2)cc1F. The van der Waals surface area contributed by atoms with Crippen molar-refractivity contribution in [2.24, 2.45) is 0 Å². The first-order valence-corrected chi connectivity index (χ1v) is 9.44. The van der Waals surface area contributed by atoms with Gasteiger partial charge in [0.05, 0.1) is 0 Å². The second-order valence-electron chi connectivity index (χ2n) is 6.28. The molecule has 0 bridgehead atoms. The summed E-state index contributed by atoms with van der Waals surface area (Å²) in [6.45, 7) is 1.73. The minimum absolute atomic E-state index is 0.258. The lowest BCUT2D eigenvalue weighted by Gasteiger charge is -2.04. The predicted octanol–water partition coefficient (Wildman–Crippen LogP) is 4.44. The van der Waals surface area contributed by atoms with Gasteiger partial charge in [0.15, 0.2) is 5.16 Å². The summed E-state index contributed by atoms with van der Waals surface area (Å²) in [5, 5.41) is 5.04. The minimum Gasteiger partial charge on any atom is -0.339 e. The Kier molecular flexibility index (Phi) is 4.57. The monoisotopic (exact) mass is 358 g/mol. The van der Waals surface area contributed by atoms with Crippen LogP contribution in [0.3, 0.4) is 0 Å². The number of nitrogens with zero attached hydrogens (tertiary/aromatic N) is 4. The molecule has 2 heterocycles. The van der Waals surface area contributed by atoms with Crippen LogP contribution in [0, 0.1) is 12.7 Å². The average Bonchev–Trinajstić information content (AvgIpc) is 3.16. The van der Waals surface area contributed by atoms with E-state index in [0.717, 1.165) is 17.3 Å². The fourth-order valence-corrected chi connectivity index (χ4v) is 3.60. The van der Waals surface area contributed by atoms with Gasteiger partial charge in [-0.3, -0.25) is 0 Å². The van der Waals surface area contributed by atoms with Crippen molar-refractivity contribution in [3.05, 3.63) is 47.9 Å². The number of benzene rings is 1. The Balaban J connectivity index is 1.31. The van der Waals surface area contributed by atoms with Crippen LogP contribution < -0.4 is 0 Å². The quantitative estimate of drug-likeness (QED) is 0.462. The van der Waals surface area contributed by atoms with Crippen LogP contribution in [-0.2, 0) is 6.42 Å². The zero-order valence-electron chi connectivity index (χ0n) is 14.0. The van der Waals surface area contributed by atoms with E-state index in [1.165, 1.54) is 18.9 Å². The summed E-state index contributed by atoms with van der Waals surface area (Å²) in [5.41, 5.74) is 1.24. The van der Waals surface area contributed by atoms with Gasteiger partial charge in [-0.25, -0.2) is 9.37 Å². The van der Waals surface area contributed by atoms with E-state index in [0.29, 0.717) is 35.3 Å². The third-order valence-electron chi connectivity index (χ3n) is 4.24. The molecule has 2 aromatic heterocycles. The molecule has 0 unspecified atom stereocenters. The molecule has 7 heteroatoms. The Morgan fingerprint density at radius 2 is 2.24 bits per heavy atom. The molecule has 130 valence electrons. The summed E-state index contributed by atoms with van der Waals surface area (Å²) < 4.78 is 21.2. The van der Waals surface area contributed by atoms with E-state index < -0.39 is 0 Å². The number of thioether (sulfide) groups is 1. The second kappa shape index (κ2) is 7.00. The Labute approximate surface area is 149 Å². The molecular formula is C18H19FN4OS. The molecule has 1 aliphatic rings. The first kappa shape index (κ1) is 16.3. The van der Waals surface area contributed by atoms with Crippen molar-refractivity contribution >= 4 is 11.8 Å². The lowest BCUT2D eigenvalue weighted by Crippen LogP contribution is -1.96. The Bertz CT molecular complexity index is 872. The highest BCUT2D eigenvalue weighted by Gasteiger charge is 2.25. The number of aryl methyl sites for hydroxylation is 2. The number of aromatic nitrogens is 4. The largest absolute Gasteiger partial charge is 0.339 e. The molecule has 0 aliphatic heterocycles. The summed E-state index contributed by atoms with van der Waals surface area (Å²) in [5.74, 6) is 1.71. The molecule has 4 rings (SSSR count). The summed E-state index contributed by atoms with van der Waals surface area (Å²) in [6.07, 6.45) is 8.07. The van der Waals surface area contributed by atoms with Gasteiger partial charge in [0.1, 0.15) is 5.82 Å². The van der Waals surface area contributed by atoms with Crippen LogP contribution in [0.2, 0.25) is 0 Å². The Morgan fingerprint density at radius 3 is 3.04 bits per heavy atom. The highest BCUT2D eigenvalue weighted by atomic mass is 32.2. The van der Waals surface area contributed by atoms with E-state index in [4.69, 9.17) is 4.52 Å². The average molecular weight is 358 g/mol. The van der Waals surface area contributed by atoms with E-state index in [1.807, 2.05) is 6.20 Å². The minimum atomic E-state index is -0.258. The van der Waals surface area contributed by atoms with Gasteiger partial charge in [0, 0.05) is 36.2 Å².